The molecule has 3 nitrogen and oxygen atoms in total. The Morgan fingerprint density at radius 1 is 1.00 bits per heavy atom. The van der Waals surface area contributed by atoms with Gasteiger partial charge < -0.3 is 10.1 Å². The Hall–Kier alpha value is -2.47. The van der Waals surface area contributed by atoms with Crippen LogP contribution < -0.4 is 10.1 Å². The van der Waals surface area contributed by atoms with Crippen LogP contribution in [-0.2, 0) is 0 Å². The van der Waals surface area contributed by atoms with E-state index in [0.29, 0.717) is 0 Å². The van der Waals surface area contributed by atoms with E-state index < -0.39 is 0 Å². The number of rotatable bonds is 6. The van der Waals surface area contributed by atoms with E-state index >= 15 is 0 Å². The third-order valence-electron chi connectivity index (χ3n) is 3.22. The van der Waals surface area contributed by atoms with Crippen LogP contribution in [0, 0.1) is 16.7 Å². The highest BCUT2D eigenvalue weighted by Crippen LogP contribution is 2.23. The number of benzene rings is 2. The second kappa shape index (κ2) is 6.81. The molecule has 0 saturated carbocycles. The molecule has 0 aliphatic rings. The fourth-order valence-corrected chi connectivity index (χ4v) is 1.84. The van der Waals surface area contributed by atoms with Crippen LogP contribution in [0.2, 0.25) is 0 Å². The monoisotopic (exact) mass is 280 g/mol. The van der Waals surface area contributed by atoms with Crippen molar-refractivity contribution in [3.8, 4) is 17.6 Å². The fraction of sp³-hybridized carbons (Fsp3) is 0.278. The number of hydrogen-bond donors (Lipinski definition) is 1. The zero-order valence-electron chi connectivity index (χ0n) is 12.5. The maximum Gasteiger partial charge on any atom is 0.127 e. The zero-order chi connectivity index (χ0) is 15.1. The van der Waals surface area contributed by atoms with Crippen LogP contribution in [0.3, 0.4) is 0 Å². The first-order valence-electron chi connectivity index (χ1n) is 7.07. The lowest BCUT2D eigenvalue weighted by atomic mass is 9.91. The third-order valence-corrected chi connectivity index (χ3v) is 3.22. The minimum Gasteiger partial charge on any atom is -0.457 e. The maximum absolute atomic E-state index is 8.97. The van der Waals surface area contributed by atoms with E-state index in [4.69, 9.17) is 10.00 Å². The SMILES string of the molecule is CC(C)(C#N)CCNc1ccc(Oc2ccccc2)cc1. The molecule has 108 valence electrons. The Morgan fingerprint density at radius 2 is 1.62 bits per heavy atom. The highest BCUT2D eigenvalue weighted by atomic mass is 16.5. The number of nitrogens with one attached hydrogen (secondary N) is 1. The van der Waals surface area contributed by atoms with E-state index in [1.165, 1.54) is 0 Å². The summed E-state index contributed by atoms with van der Waals surface area (Å²) in [7, 11) is 0. The Balaban J connectivity index is 1.86. The molecule has 0 heterocycles. The average molecular weight is 280 g/mol. The first kappa shape index (κ1) is 14.9. The third kappa shape index (κ3) is 4.85. The van der Waals surface area contributed by atoms with Gasteiger partial charge in [-0.05, 0) is 56.7 Å². The number of anilines is 1. The molecule has 0 amide bonds. The summed E-state index contributed by atoms with van der Waals surface area (Å²) in [6.45, 7) is 4.68. The lowest BCUT2D eigenvalue weighted by molar-refractivity contribution is 0.466. The molecule has 0 radical (unpaired) electrons. The van der Waals surface area contributed by atoms with Crippen LogP contribution in [-0.4, -0.2) is 6.54 Å². The predicted octanol–water partition coefficient (Wildman–Crippen LogP) is 4.83. The molecule has 21 heavy (non-hydrogen) atoms. The van der Waals surface area contributed by atoms with E-state index in [1.807, 2.05) is 68.4 Å². The van der Waals surface area contributed by atoms with E-state index in [9.17, 15) is 0 Å². The van der Waals surface area contributed by atoms with Gasteiger partial charge in [0.25, 0.3) is 0 Å². The highest BCUT2D eigenvalue weighted by Gasteiger charge is 2.15. The number of ether oxygens (including phenoxy) is 1. The molecule has 0 aromatic heterocycles. The molecule has 3 heteroatoms. The summed E-state index contributed by atoms with van der Waals surface area (Å²) in [5.41, 5.74) is 0.743. The molecule has 0 bridgehead atoms. The fourth-order valence-electron chi connectivity index (χ4n) is 1.84. The lowest BCUT2D eigenvalue weighted by Gasteiger charge is -2.15. The summed E-state index contributed by atoms with van der Waals surface area (Å²) < 4.78 is 5.74. The van der Waals surface area contributed by atoms with Gasteiger partial charge in [-0.2, -0.15) is 5.26 Å². The van der Waals surface area contributed by atoms with Gasteiger partial charge in [-0.15, -0.1) is 0 Å². The Kier molecular flexibility index (Phi) is 4.84. The first-order chi connectivity index (χ1) is 10.1. The molecule has 0 unspecified atom stereocenters. The van der Waals surface area contributed by atoms with Crippen molar-refractivity contribution in [3.05, 3.63) is 54.6 Å². The summed E-state index contributed by atoms with van der Waals surface area (Å²) >= 11 is 0. The van der Waals surface area contributed by atoms with Crippen molar-refractivity contribution < 1.29 is 4.74 Å². The molecule has 1 N–H and O–H groups in total. The number of para-hydroxylation sites is 1. The Bertz CT molecular complexity index is 597. The Labute approximate surface area is 126 Å². The zero-order valence-corrected chi connectivity index (χ0v) is 12.5. The predicted molar refractivity (Wildman–Crippen MR) is 85.5 cm³/mol. The molecule has 2 aromatic carbocycles. The average Bonchev–Trinajstić information content (AvgIpc) is 2.50. The quantitative estimate of drug-likeness (QED) is 0.824. The molecule has 0 atom stereocenters. The van der Waals surface area contributed by atoms with Gasteiger partial charge in [-0.25, -0.2) is 0 Å². The van der Waals surface area contributed by atoms with Crippen molar-refractivity contribution in [1.82, 2.24) is 0 Å². The van der Waals surface area contributed by atoms with Gasteiger partial charge in [-0.3, -0.25) is 0 Å². The number of nitrogens with zero attached hydrogens (tertiary/aromatic N) is 1. The molecule has 2 rings (SSSR count). The minimum atomic E-state index is -0.288. The molecular weight excluding hydrogens is 260 g/mol. The lowest BCUT2D eigenvalue weighted by Crippen LogP contribution is -2.14. The number of hydrogen-bond acceptors (Lipinski definition) is 3. The maximum atomic E-state index is 8.97. The van der Waals surface area contributed by atoms with E-state index in [2.05, 4.69) is 11.4 Å². The molecule has 0 aliphatic carbocycles. The summed E-state index contributed by atoms with van der Waals surface area (Å²) in [6, 6.07) is 19.8. The van der Waals surface area contributed by atoms with E-state index in [1.54, 1.807) is 0 Å². The Morgan fingerprint density at radius 3 is 2.24 bits per heavy atom. The molecule has 2 aromatic rings. The normalized spacial score (nSPS) is 10.7. The number of nitriles is 1. The second-order valence-electron chi connectivity index (χ2n) is 5.61. The summed E-state index contributed by atoms with van der Waals surface area (Å²) in [5.74, 6) is 1.64. The van der Waals surface area contributed by atoms with Crippen LogP contribution in [0.4, 0.5) is 5.69 Å². The van der Waals surface area contributed by atoms with Gasteiger partial charge in [-0.1, -0.05) is 18.2 Å². The van der Waals surface area contributed by atoms with Gasteiger partial charge >= 0.3 is 0 Å². The van der Waals surface area contributed by atoms with Gasteiger partial charge in [0.05, 0.1) is 11.5 Å². The van der Waals surface area contributed by atoms with Crippen LogP contribution in [0.1, 0.15) is 20.3 Å². The van der Waals surface area contributed by atoms with Crippen molar-refractivity contribution in [2.45, 2.75) is 20.3 Å². The molecule has 0 fully saturated rings. The largest absolute Gasteiger partial charge is 0.457 e. The molecule has 0 saturated heterocycles. The van der Waals surface area contributed by atoms with Crippen molar-refractivity contribution in [2.75, 3.05) is 11.9 Å². The van der Waals surface area contributed by atoms with Crippen molar-refractivity contribution in [1.29, 1.82) is 5.26 Å². The highest BCUT2D eigenvalue weighted by molar-refractivity contribution is 5.47. The van der Waals surface area contributed by atoms with Crippen LogP contribution in [0.15, 0.2) is 54.6 Å². The van der Waals surface area contributed by atoms with Crippen LogP contribution in [0.25, 0.3) is 0 Å². The van der Waals surface area contributed by atoms with Crippen molar-refractivity contribution in [2.24, 2.45) is 5.41 Å². The summed E-state index contributed by atoms with van der Waals surface area (Å²) in [6.07, 6.45) is 0.811. The molecular formula is C18H20N2O. The smallest absolute Gasteiger partial charge is 0.127 e. The first-order valence-corrected chi connectivity index (χ1v) is 7.07. The van der Waals surface area contributed by atoms with Crippen LogP contribution in [0.5, 0.6) is 11.5 Å². The standard InChI is InChI=1S/C18H20N2O/c1-18(2,14-19)12-13-20-15-8-10-17(11-9-15)21-16-6-4-3-5-7-16/h3-11,20H,12-13H2,1-2H3. The van der Waals surface area contributed by atoms with Gasteiger partial charge in [0.1, 0.15) is 11.5 Å². The van der Waals surface area contributed by atoms with Gasteiger partial charge in [0.2, 0.25) is 0 Å². The summed E-state index contributed by atoms with van der Waals surface area (Å²) in [4.78, 5) is 0. The van der Waals surface area contributed by atoms with E-state index in [0.717, 1.165) is 30.2 Å². The van der Waals surface area contributed by atoms with Crippen molar-refractivity contribution in [3.63, 3.8) is 0 Å². The summed E-state index contributed by atoms with van der Waals surface area (Å²) in [5, 5.41) is 12.3. The topological polar surface area (TPSA) is 45.0 Å². The van der Waals surface area contributed by atoms with Gasteiger partial charge in [0.15, 0.2) is 0 Å². The van der Waals surface area contributed by atoms with Gasteiger partial charge in [0, 0.05) is 12.2 Å². The molecule has 0 spiro atoms. The van der Waals surface area contributed by atoms with Crippen molar-refractivity contribution >= 4 is 5.69 Å². The molecule has 0 aliphatic heterocycles. The van der Waals surface area contributed by atoms with Crippen LogP contribution >= 0.6 is 0 Å². The van der Waals surface area contributed by atoms with E-state index in [-0.39, 0.29) is 5.41 Å². The second-order valence-corrected chi connectivity index (χ2v) is 5.61. The minimum absolute atomic E-state index is 0.288.